The summed E-state index contributed by atoms with van der Waals surface area (Å²) in [6.07, 6.45) is 2.33. The lowest BCUT2D eigenvalue weighted by atomic mass is 9.98. The van der Waals surface area contributed by atoms with Crippen LogP contribution in [0.5, 0.6) is 5.75 Å². The van der Waals surface area contributed by atoms with E-state index in [9.17, 15) is 9.59 Å². The molecule has 0 aromatic heterocycles. The average Bonchev–Trinajstić information content (AvgIpc) is 2.99. The first kappa shape index (κ1) is 19.5. The molecule has 0 radical (unpaired) electrons. The van der Waals surface area contributed by atoms with Gasteiger partial charge in [-0.2, -0.15) is 0 Å². The Morgan fingerprint density at radius 1 is 1.32 bits per heavy atom. The van der Waals surface area contributed by atoms with Crippen molar-refractivity contribution in [2.75, 3.05) is 25.1 Å². The number of amides is 2. The Labute approximate surface area is 154 Å². The highest BCUT2D eigenvalue weighted by molar-refractivity contribution is 6.00. The van der Waals surface area contributed by atoms with Crippen LogP contribution in [0.4, 0.5) is 5.69 Å². The number of methoxy groups -OCH3 is 1. The van der Waals surface area contributed by atoms with Crippen molar-refractivity contribution in [3.05, 3.63) is 24.3 Å². The Morgan fingerprint density at radius 2 is 2.04 bits per heavy atom. The van der Waals surface area contributed by atoms with E-state index in [1.165, 1.54) is 0 Å². The van der Waals surface area contributed by atoms with Crippen LogP contribution in [-0.4, -0.2) is 44.1 Å². The molecule has 3 rings (SSSR count). The smallest absolute Gasteiger partial charge is 0.227 e. The number of halogens is 1. The molecule has 0 aliphatic carbocycles. The van der Waals surface area contributed by atoms with E-state index in [0.29, 0.717) is 6.54 Å². The Morgan fingerprint density at radius 3 is 2.68 bits per heavy atom. The molecule has 138 valence electrons. The van der Waals surface area contributed by atoms with Gasteiger partial charge in [0.2, 0.25) is 11.8 Å². The number of benzene rings is 1. The maximum Gasteiger partial charge on any atom is 0.227 e. The van der Waals surface area contributed by atoms with Gasteiger partial charge in [-0.25, -0.2) is 0 Å². The van der Waals surface area contributed by atoms with Gasteiger partial charge in [-0.15, -0.1) is 12.4 Å². The zero-order valence-corrected chi connectivity index (χ0v) is 15.5. The fraction of sp³-hybridized carbons (Fsp3) is 0.556. The van der Waals surface area contributed by atoms with E-state index >= 15 is 0 Å². The van der Waals surface area contributed by atoms with Crippen molar-refractivity contribution in [1.29, 1.82) is 0 Å². The van der Waals surface area contributed by atoms with Gasteiger partial charge in [0.1, 0.15) is 5.75 Å². The van der Waals surface area contributed by atoms with E-state index in [1.807, 2.05) is 24.3 Å². The lowest BCUT2D eigenvalue weighted by molar-refractivity contribution is -0.127. The first-order chi connectivity index (χ1) is 11.6. The van der Waals surface area contributed by atoms with E-state index < -0.39 is 0 Å². The van der Waals surface area contributed by atoms with Crippen molar-refractivity contribution >= 4 is 29.9 Å². The number of carbonyl (C=O) groups is 2. The van der Waals surface area contributed by atoms with Crippen LogP contribution in [0.25, 0.3) is 0 Å². The number of ether oxygens (including phenoxy) is 1. The molecular weight excluding hydrogens is 342 g/mol. The summed E-state index contributed by atoms with van der Waals surface area (Å²) in [5, 5.41) is 6.50. The molecule has 2 N–H and O–H groups in total. The molecule has 2 amide bonds. The highest BCUT2D eigenvalue weighted by atomic mass is 35.5. The molecule has 0 saturated carbocycles. The molecule has 2 saturated heterocycles. The van der Waals surface area contributed by atoms with Crippen LogP contribution >= 0.6 is 12.4 Å². The highest BCUT2D eigenvalue weighted by Crippen LogP contribution is 2.27. The lowest BCUT2D eigenvalue weighted by Crippen LogP contribution is -2.53. The van der Waals surface area contributed by atoms with Gasteiger partial charge >= 0.3 is 0 Å². The standard InChI is InChI=1S/C18H25N3O3.ClH/c1-12-16(4-3-9-19-12)20-18(23)13-10-17(22)21(11-13)14-5-7-15(24-2)8-6-14;/h5-8,12-13,16,19H,3-4,9-11H2,1-2H3,(H,20,23);1H. The molecule has 3 unspecified atom stereocenters. The molecule has 25 heavy (non-hydrogen) atoms. The number of piperidine rings is 1. The van der Waals surface area contributed by atoms with Gasteiger partial charge in [0.25, 0.3) is 0 Å². The maximum absolute atomic E-state index is 12.5. The summed E-state index contributed by atoms with van der Waals surface area (Å²) >= 11 is 0. The molecule has 3 atom stereocenters. The zero-order chi connectivity index (χ0) is 17.1. The summed E-state index contributed by atoms with van der Waals surface area (Å²) in [6, 6.07) is 7.78. The molecular formula is C18H26ClN3O3. The van der Waals surface area contributed by atoms with E-state index in [0.717, 1.165) is 30.8 Å². The third-order valence-electron chi connectivity index (χ3n) is 4.97. The summed E-state index contributed by atoms with van der Waals surface area (Å²) in [4.78, 5) is 26.5. The second-order valence-corrected chi connectivity index (χ2v) is 6.60. The van der Waals surface area contributed by atoms with E-state index in [1.54, 1.807) is 12.0 Å². The molecule has 2 aliphatic rings. The number of hydrogen-bond acceptors (Lipinski definition) is 4. The molecule has 7 heteroatoms. The highest BCUT2D eigenvalue weighted by Gasteiger charge is 2.36. The zero-order valence-electron chi connectivity index (χ0n) is 14.7. The monoisotopic (exact) mass is 367 g/mol. The number of nitrogens with zero attached hydrogens (tertiary/aromatic N) is 1. The van der Waals surface area contributed by atoms with Crippen LogP contribution in [0, 0.1) is 5.92 Å². The van der Waals surface area contributed by atoms with Gasteiger partial charge in [0, 0.05) is 30.7 Å². The third-order valence-corrected chi connectivity index (χ3v) is 4.97. The first-order valence-corrected chi connectivity index (χ1v) is 8.56. The Hall–Kier alpha value is -1.79. The van der Waals surface area contributed by atoms with Crippen molar-refractivity contribution in [2.24, 2.45) is 5.92 Å². The number of rotatable bonds is 4. The SMILES string of the molecule is COc1ccc(N2CC(C(=O)NC3CCCNC3C)CC2=O)cc1.Cl. The average molecular weight is 368 g/mol. The third kappa shape index (κ3) is 4.44. The largest absolute Gasteiger partial charge is 0.497 e. The van der Waals surface area contributed by atoms with Gasteiger partial charge in [-0.1, -0.05) is 0 Å². The minimum absolute atomic E-state index is 0. The fourth-order valence-corrected chi connectivity index (χ4v) is 3.44. The van der Waals surface area contributed by atoms with Crippen LogP contribution in [0.15, 0.2) is 24.3 Å². The molecule has 2 fully saturated rings. The van der Waals surface area contributed by atoms with Crippen LogP contribution in [-0.2, 0) is 9.59 Å². The predicted octanol–water partition coefficient (Wildman–Crippen LogP) is 1.73. The van der Waals surface area contributed by atoms with Gasteiger partial charge in [-0.3, -0.25) is 9.59 Å². The summed E-state index contributed by atoms with van der Waals surface area (Å²) in [5.41, 5.74) is 0.809. The van der Waals surface area contributed by atoms with Crippen molar-refractivity contribution in [1.82, 2.24) is 10.6 Å². The molecule has 0 spiro atoms. The van der Waals surface area contributed by atoms with E-state index in [4.69, 9.17) is 4.74 Å². The number of carbonyl (C=O) groups excluding carboxylic acids is 2. The Bertz CT molecular complexity index is 608. The minimum atomic E-state index is -0.284. The van der Waals surface area contributed by atoms with Gasteiger partial charge < -0.3 is 20.3 Å². The van der Waals surface area contributed by atoms with Crippen molar-refractivity contribution in [3.63, 3.8) is 0 Å². The van der Waals surface area contributed by atoms with Gasteiger partial charge in [0.15, 0.2) is 0 Å². The summed E-state index contributed by atoms with van der Waals surface area (Å²) in [6.45, 7) is 3.53. The topological polar surface area (TPSA) is 70.7 Å². The fourth-order valence-electron chi connectivity index (χ4n) is 3.44. The minimum Gasteiger partial charge on any atom is -0.497 e. The Kier molecular flexibility index (Phi) is 6.67. The molecule has 1 aromatic carbocycles. The second-order valence-electron chi connectivity index (χ2n) is 6.60. The molecule has 2 aliphatic heterocycles. The van der Waals surface area contributed by atoms with Crippen LogP contribution < -0.4 is 20.3 Å². The van der Waals surface area contributed by atoms with Gasteiger partial charge in [-0.05, 0) is 50.6 Å². The summed E-state index contributed by atoms with van der Waals surface area (Å²) < 4.78 is 5.14. The van der Waals surface area contributed by atoms with Crippen molar-refractivity contribution in [2.45, 2.75) is 38.3 Å². The number of anilines is 1. The predicted molar refractivity (Wildman–Crippen MR) is 99.3 cm³/mol. The maximum atomic E-state index is 12.5. The molecule has 2 heterocycles. The first-order valence-electron chi connectivity index (χ1n) is 8.56. The Balaban J connectivity index is 0.00000225. The number of nitrogens with one attached hydrogen (secondary N) is 2. The second kappa shape index (κ2) is 8.54. The van der Waals surface area contributed by atoms with Gasteiger partial charge in [0.05, 0.1) is 13.0 Å². The quantitative estimate of drug-likeness (QED) is 0.850. The molecule has 0 bridgehead atoms. The lowest BCUT2D eigenvalue weighted by Gasteiger charge is -2.31. The van der Waals surface area contributed by atoms with E-state index in [-0.39, 0.29) is 48.6 Å². The van der Waals surface area contributed by atoms with Crippen molar-refractivity contribution < 1.29 is 14.3 Å². The van der Waals surface area contributed by atoms with E-state index in [2.05, 4.69) is 17.6 Å². The number of hydrogen-bond donors (Lipinski definition) is 2. The molecule has 6 nitrogen and oxygen atoms in total. The normalized spacial score (nSPS) is 26.1. The molecule has 1 aromatic rings. The summed E-state index contributed by atoms with van der Waals surface area (Å²) in [5.74, 6) is 0.447. The van der Waals surface area contributed by atoms with Crippen molar-refractivity contribution in [3.8, 4) is 5.75 Å². The van der Waals surface area contributed by atoms with Crippen LogP contribution in [0.3, 0.4) is 0 Å². The summed E-state index contributed by atoms with van der Waals surface area (Å²) in [7, 11) is 1.61. The van der Waals surface area contributed by atoms with Crippen LogP contribution in [0.2, 0.25) is 0 Å². The van der Waals surface area contributed by atoms with Crippen LogP contribution in [0.1, 0.15) is 26.2 Å².